The van der Waals surface area contributed by atoms with Crippen molar-refractivity contribution in [3.05, 3.63) is 90.3 Å². The van der Waals surface area contributed by atoms with Crippen LogP contribution in [0.15, 0.2) is 79.1 Å². The van der Waals surface area contributed by atoms with Crippen molar-refractivity contribution >= 4 is 16.7 Å². The molecule has 33 heavy (non-hydrogen) atoms. The Morgan fingerprint density at radius 1 is 0.909 bits per heavy atom. The van der Waals surface area contributed by atoms with Gasteiger partial charge >= 0.3 is 12.1 Å². The molecule has 1 N–H and O–H groups in total. The molecular formula is C25H18F3NO4. The summed E-state index contributed by atoms with van der Waals surface area (Å²) in [6, 6.07) is 16.9. The number of carboxylic acid groups (broad SMARTS) is 1. The number of pyridine rings is 1. The van der Waals surface area contributed by atoms with Crippen LogP contribution < -0.4 is 9.47 Å². The lowest BCUT2D eigenvalue weighted by Crippen LogP contribution is -2.07. The first-order valence-corrected chi connectivity index (χ1v) is 10.00. The average molecular weight is 453 g/mol. The van der Waals surface area contributed by atoms with Gasteiger partial charge in [-0.2, -0.15) is 13.2 Å². The number of aromatic nitrogens is 1. The van der Waals surface area contributed by atoms with E-state index in [2.05, 4.69) is 4.98 Å². The standard InChI is InChI=1S/C25H18F3NO4/c26-25(27,28)21-14-19(32-22-6-2-4-17-11-12-29-15-20(17)22)8-9-23(21)33-18-5-1-3-16(13-18)7-10-24(30)31/h1-6,8-9,11-15H,7,10H2,(H,30,31). The van der Waals surface area contributed by atoms with Crippen LogP contribution in [0.3, 0.4) is 0 Å². The Morgan fingerprint density at radius 3 is 2.45 bits per heavy atom. The number of carbonyl (C=O) groups is 1. The lowest BCUT2D eigenvalue weighted by Gasteiger charge is -2.16. The number of benzene rings is 3. The second-order valence-corrected chi connectivity index (χ2v) is 7.25. The highest BCUT2D eigenvalue weighted by Gasteiger charge is 2.35. The molecule has 0 aliphatic carbocycles. The van der Waals surface area contributed by atoms with Crippen molar-refractivity contribution in [3.63, 3.8) is 0 Å². The average Bonchev–Trinajstić information content (AvgIpc) is 2.78. The maximum Gasteiger partial charge on any atom is 0.420 e. The molecule has 3 aromatic carbocycles. The van der Waals surface area contributed by atoms with E-state index in [1.165, 1.54) is 24.3 Å². The molecular weight excluding hydrogens is 435 g/mol. The Kier molecular flexibility index (Phi) is 6.17. The van der Waals surface area contributed by atoms with E-state index in [9.17, 15) is 18.0 Å². The summed E-state index contributed by atoms with van der Waals surface area (Å²) in [7, 11) is 0. The van der Waals surface area contributed by atoms with Crippen molar-refractivity contribution in [2.24, 2.45) is 0 Å². The molecule has 0 bridgehead atoms. The molecule has 1 heterocycles. The van der Waals surface area contributed by atoms with Crippen LogP contribution in [0.25, 0.3) is 10.8 Å². The molecule has 0 fully saturated rings. The lowest BCUT2D eigenvalue weighted by atomic mass is 10.1. The monoisotopic (exact) mass is 453 g/mol. The third kappa shape index (κ3) is 5.41. The van der Waals surface area contributed by atoms with Crippen LogP contribution in [-0.2, 0) is 17.4 Å². The summed E-state index contributed by atoms with van der Waals surface area (Å²) in [5.74, 6) is -0.782. The molecule has 4 rings (SSSR count). The normalized spacial score (nSPS) is 11.4. The molecule has 0 unspecified atom stereocenters. The number of hydrogen-bond acceptors (Lipinski definition) is 4. The molecule has 1 aromatic heterocycles. The Bertz CT molecular complexity index is 1300. The quantitative estimate of drug-likeness (QED) is 0.331. The van der Waals surface area contributed by atoms with Crippen LogP contribution >= 0.6 is 0 Å². The highest BCUT2D eigenvalue weighted by molar-refractivity contribution is 5.87. The molecule has 0 spiro atoms. The molecule has 0 amide bonds. The number of hydrogen-bond donors (Lipinski definition) is 1. The predicted molar refractivity (Wildman–Crippen MR) is 116 cm³/mol. The van der Waals surface area contributed by atoms with Gasteiger partial charge in [0.15, 0.2) is 0 Å². The summed E-state index contributed by atoms with van der Waals surface area (Å²) >= 11 is 0. The molecule has 0 radical (unpaired) electrons. The molecule has 0 aliphatic heterocycles. The van der Waals surface area contributed by atoms with Crippen LogP contribution in [0, 0.1) is 0 Å². The number of alkyl halides is 3. The van der Waals surface area contributed by atoms with Gasteiger partial charge in [0.25, 0.3) is 0 Å². The van der Waals surface area contributed by atoms with Crippen molar-refractivity contribution in [1.82, 2.24) is 4.98 Å². The number of aryl methyl sites for hydroxylation is 1. The number of halogens is 3. The fourth-order valence-corrected chi connectivity index (χ4v) is 3.33. The second-order valence-electron chi connectivity index (χ2n) is 7.25. The Balaban J connectivity index is 1.63. The SMILES string of the molecule is O=C(O)CCc1cccc(Oc2ccc(Oc3cccc4ccncc34)cc2C(F)(F)F)c1. The van der Waals surface area contributed by atoms with Gasteiger partial charge in [0.05, 0.1) is 0 Å². The van der Waals surface area contributed by atoms with Crippen LogP contribution in [0.4, 0.5) is 13.2 Å². The molecule has 5 nitrogen and oxygen atoms in total. The van der Waals surface area contributed by atoms with Gasteiger partial charge in [-0.3, -0.25) is 9.78 Å². The van der Waals surface area contributed by atoms with Crippen LogP contribution in [0.5, 0.6) is 23.0 Å². The fraction of sp³-hybridized carbons (Fsp3) is 0.120. The van der Waals surface area contributed by atoms with Crippen molar-refractivity contribution in [1.29, 1.82) is 0 Å². The molecule has 0 aliphatic rings. The van der Waals surface area contributed by atoms with Gasteiger partial charge in [-0.25, -0.2) is 0 Å². The highest BCUT2D eigenvalue weighted by atomic mass is 19.4. The number of aliphatic carboxylic acids is 1. The van der Waals surface area contributed by atoms with Gasteiger partial charge in [0.1, 0.15) is 28.6 Å². The third-order valence-corrected chi connectivity index (χ3v) is 4.88. The summed E-state index contributed by atoms with van der Waals surface area (Å²) in [5.41, 5.74) is -0.345. The maximum atomic E-state index is 13.8. The van der Waals surface area contributed by atoms with Gasteiger partial charge in [-0.05, 0) is 59.8 Å². The van der Waals surface area contributed by atoms with E-state index in [1.54, 1.807) is 42.7 Å². The predicted octanol–water partition coefficient (Wildman–Crippen LogP) is 6.86. The Hall–Kier alpha value is -4.07. The molecule has 0 atom stereocenters. The molecule has 0 saturated carbocycles. The zero-order valence-electron chi connectivity index (χ0n) is 17.2. The van der Waals surface area contributed by atoms with E-state index >= 15 is 0 Å². The minimum atomic E-state index is -4.68. The van der Waals surface area contributed by atoms with Crippen molar-refractivity contribution in [2.75, 3.05) is 0 Å². The number of fused-ring (bicyclic) bond motifs is 1. The summed E-state index contributed by atoms with van der Waals surface area (Å²) in [6.07, 6.45) is -1.32. The summed E-state index contributed by atoms with van der Waals surface area (Å²) in [4.78, 5) is 14.8. The number of nitrogens with zero attached hydrogens (tertiary/aromatic N) is 1. The largest absolute Gasteiger partial charge is 0.481 e. The number of rotatable bonds is 7. The minimum absolute atomic E-state index is 0.00115. The topological polar surface area (TPSA) is 68.7 Å². The van der Waals surface area contributed by atoms with E-state index in [0.29, 0.717) is 16.7 Å². The molecule has 0 saturated heterocycles. The molecule has 8 heteroatoms. The van der Waals surface area contributed by atoms with Crippen LogP contribution in [0.1, 0.15) is 17.5 Å². The van der Waals surface area contributed by atoms with Gasteiger partial charge in [0, 0.05) is 24.2 Å². The van der Waals surface area contributed by atoms with E-state index in [1.807, 2.05) is 6.07 Å². The number of carboxylic acids is 1. The first-order valence-electron chi connectivity index (χ1n) is 10.00. The molecule has 168 valence electrons. The first kappa shape index (κ1) is 22.1. The van der Waals surface area contributed by atoms with Gasteiger partial charge in [-0.15, -0.1) is 0 Å². The summed E-state index contributed by atoms with van der Waals surface area (Å²) < 4.78 is 52.7. The van der Waals surface area contributed by atoms with Gasteiger partial charge in [-0.1, -0.05) is 24.3 Å². The van der Waals surface area contributed by atoms with Crippen molar-refractivity contribution < 1.29 is 32.5 Å². The summed E-state index contributed by atoms with van der Waals surface area (Å²) in [6.45, 7) is 0. The first-order chi connectivity index (χ1) is 15.8. The van der Waals surface area contributed by atoms with E-state index < -0.39 is 17.7 Å². The lowest BCUT2D eigenvalue weighted by molar-refractivity contribution is -0.139. The van der Waals surface area contributed by atoms with Crippen LogP contribution in [-0.4, -0.2) is 16.1 Å². The Labute approximate surface area is 187 Å². The number of ether oxygens (including phenoxy) is 2. The second kappa shape index (κ2) is 9.20. The van der Waals surface area contributed by atoms with Crippen molar-refractivity contribution in [2.45, 2.75) is 19.0 Å². The van der Waals surface area contributed by atoms with Crippen LogP contribution in [0.2, 0.25) is 0 Å². The summed E-state index contributed by atoms with van der Waals surface area (Å²) in [5, 5.41) is 10.3. The third-order valence-electron chi connectivity index (χ3n) is 4.88. The molecule has 4 aromatic rings. The van der Waals surface area contributed by atoms with Gasteiger partial charge < -0.3 is 14.6 Å². The fourth-order valence-electron chi connectivity index (χ4n) is 3.33. The van der Waals surface area contributed by atoms with E-state index in [4.69, 9.17) is 14.6 Å². The zero-order valence-corrected chi connectivity index (χ0v) is 17.2. The van der Waals surface area contributed by atoms with Crippen molar-refractivity contribution in [3.8, 4) is 23.0 Å². The Morgan fingerprint density at radius 2 is 1.67 bits per heavy atom. The smallest absolute Gasteiger partial charge is 0.420 e. The van der Waals surface area contributed by atoms with E-state index in [0.717, 1.165) is 11.5 Å². The minimum Gasteiger partial charge on any atom is -0.481 e. The zero-order chi connectivity index (χ0) is 23.4. The highest BCUT2D eigenvalue weighted by Crippen LogP contribution is 2.41. The van der Waals surface area contributed by atoms with Gasteiger partial charge in [0.2, 0.25) is 0 Å². The van der Waals surface area contributed by atoms with E-state index in [-0.39, 0.29) is 30.1 Å². The maximum absolute atomic E-state index is 13.8.